The van der Waals surface area contributed by atoms with E-state index in [4.69, 9.17) is 25.8 Å². The lowest BCUT2D eigenvalue weighted by Gasteiger charge is -2.16. The van der Waals surface area contributed by atoms with E-state index >= 15 is 0 Å². The third-order valence-corrected chi connectivity index (χ3v) is 3.65. The Morgan fingerprint density at radius 1 is 1.08 bits per heavy atom. The summed E-state index contributed by atoms with van der Waals surface area (Å²) in [5.74, 6) is 1.50. The Labute approximate surface area is 144 Å². The molecule has 0 unspecified atom stereocenters. The number of ether oxygens (including phenoxy) is 3. The fourth-order valence-corrected chi connectivity index (χ4v) is 2.46. The van der Waals surface area contributed by atoms with Crippen molar-refractivity contribution in [1.82, 2.24) is 0 Å². The van der Waals surface area contributed by atoms with Crippen LogP contribution < -0.4 is 19.5 Å². The number of anilines is 1. The van der Waals surface area contributed by atoms with Crippen molar-refractivity contribution in [2.75, 3.05) is 26.6 Å². The van der Waals surface area contributed by atoms with Gasteiger partial charge >= 0.3 is 0 Å². The van der Waals surface area contributed by atoms with Gasteiger partial charge in [0.05, 0.1) is 26.3 Å². The van der Waals surface area contributed by atoms with Crippen molar-refractivity contribution >= 4 is 23.0 Å². The molecule has 0 aliphatic carbocycles. The number of nitro benzene ring substituents is 1. The number of nitrogens with zero attached hydrogens (tertiary/aromatic N) is 1. The van der Waals surface area contributed by atoms with Crippen molar-refractivity contribution in [3.8, 4) is 17.2 Å². The number of rotatable bonds is 7. The summed E-state index contributed by atoms with van der Waals surface area (Å²) in [6.07, 6.45) is 0. The van der Waals surface area contributed by atoms with E-state index in [0.717, 1.165) is 5.56 Å². The molecule has 0 aromatic heterocycles. The predicted molar refractivity (Wildman–Crippen MR) is 91.5 cm³/mol. The molecule has 2 rings (SSSR count). The van der Waals surface area contributed by atoms with Crippen LogP contribution in [0.4, 0.5) is 11.4 Å². The van der Waals surface area contributed by atoms with Gasteiger partial charge < -0.3 is 19.5 Å². The van der Waals surface area contributed by atoms with Gasteiger partial charge in [-0.1, -0.05) is 11.6 Å². The molecule has 0 fully saturated rings. The number of nitro groups is 1. The highest BCUT2D eigenvalue weighted by Crippen LogP contribution is 2.40. The number of halogens is 1. The Morgan fingerprint density at radius 2 is 1.79 bits per heavy atom. The highest BCUT2D eigenvalue weighted by Gasteiger charge is 2.18. The monoisotopic (exact) mass is 352 g/mol. The Hall–Kier alpha value is -2.67. The Morgan fingerprint density at radius 3 is 2.38 bits per heavy atom. The number of nitrogens with one attached hydrogen (secondary N) is 1. The van der Waals surface area contributed by atoms with E-state index in [1.807, 2.05) is 0 Å². The van der Waals surface area contributed by atoms with Crippen LogP contribution in [0.5, 0.6) is 17.2 Å². The topological polar surface area (TPSA) is 82.9 Å². The normalized spacial score (nSPS) is 10.2. The van der Waals surface area contributed by atoms with Crippen LogP contribution in [-0.2, 0) is 6.54 Å². The van der Waals surface area contributed by atoms with E-state index in [0.29, 0.717) is 34.5 Å². The average Bonchev–Trinajstić information content (AvgIpc) is 2.59. The van der Waals surface area contributed by atoms with Crippen LogP contribution in [0.1, 0.15) is 5.56 Å². The molecule has 24 heavy (non-hydrogen) atoms. The van der Waals surface area contributed by atoms with E-state index in [1.165, 1.54) is 27.4 Å². The number of benzene rings is 2. The summed E-state index contributed by atoms with van der Waals surface area (Å²) in [5.41, 5.74) is 1.03. The molecule has 0 heterocycles. The molecular weight excluding hydrogens is 336 g/mol. The third kappa shape index (κ3) is 3.62. The van der Waals surface area contributed by atoms with Crippen molar-refractivity contribution in [2.24, 2.45) is 0 Å². The van der Waals surface area contributed by atoms with Crippen LogP contribution in [-0.4, -0.2) is 26.3 Å². The van der Waals surface area contributed by atoms with Gasteiger partial charge in [0.1, 0.15) is 5.69 Å². The predicted octanol–water partition coefficient (Wildman–Crippen LogP) is 3.89. The second-order valence-corrected chi connectivity index (χ2v) is 5.20. The molecule has 0 atom stereocenters. The summed E-state index contributed by atoms with van der Waals surface area (Å²) in [7, 11) is 4.57. The lowest BCUT2D eigenvalue weighted by atomic mass is 10.1. The molecule has 8 heteroatoms. The molecule has 0 aliphatic rings. The van der Waals surface area contributed by atoms with Gasteiger partial charge in [-0.3, -0.25) is 10.1 Å². The summed E-state index contributed by atoms with van der Waals surface area (Å²) >= 11 is 5.82. The van der Waals surface area contributed by atoms with Crippen LogP contribution in [0.15, 0.2) is 30.3 Å². The third-order valence-electron chi connectivity index (χ3n) is 3.41. The van der Waals surface area contributed by atoms with Crippen LogP contribution in [0.2, 0.25) is 5.02 Å². The first-order valence-electron chi connectivity index (χ1n) is 6.97. The van der Waals surface area contributed by atoms with E-state index in [-0.39, 0.29) is 5.69 Å². The maximum absolute atomic E-state index is 11.1. The molecule has 2 aromatic carbocycles. The highest BCUT2D eigenvalue weighted by molar-refractivity contribution is 6.30. The SMILES string of the molecule is COc1ccc(CNc2ccc(Cl)cc2[N+](=O)[O-])c(OC)c1OC. The Kier molecular flexibility index (Phi) is 5.70. The average molecular weight is 353 g/mol. The minimum atomic E-state index is -0.486. The van der Waals surface area contributed by atoms with E-state index in [1.54, 1.807) is 24.3 Å². The zero-order valence-corrected chi connectivity index (χ0v) is 14.2. The first kappa shape index (κ1) is 17.7. The molecule has 0 bridgehead atoms. The number of methoxy groups -OCH3 is 3. The van der Waals surface area contributed by atoms with Crippen molar-refractivity contribution < 1.29 is 19.1 Å². The fraction of sp³-hybridized carbons (Fsp3) is 0.250. The van der Waals surface area contributed by atoms with Gasteiger partial charge in [0.2, 0.25) is 5.75 Å². The first-order valence-corrected chi connectivity index (χ1v) is 7.35. The molecule has 0 spiro atoms. The van der Waals surface area contributed by atoms with Crippen molar-refractivity contribution in [1.29, 1.82) is 0 Å². The molecule has 0 saturated heterocycles. The zero-order valence-electron chi connectivity index (χ0n) is 13.5. The van der Waals surface area contributed by atoms with Crippen LogP contribution in [0.3, 0.4) is 0 Å². The largest absolute Gasteiger partial charge is 0.493 e. The standard InChI is InChI=1S/C16H17ClN2O5/c1-22-14-7-4-10(15(23-2)16(14)24-3)9-18-12-6-5-11(17)8-13(12)19(20)21/h4-8,18H,9H2,1-3H3. The molecule has 2 aromatic rings. The quantitative estimate of drug-likeness (QED) is 0.601. The molecule has 7 nitrogen and oxygen atoms in total. The molecular formula is C16H17ClN2O5. The zero-order chi connectivity index (χ0) is 17.7. The Balaban J connectivity index is 2.32. The van der Waals surface area contributed by atoms with Crippen molar-refractivity contribution in [3.63, 3.8) is 0 Å². The molecule has 0 radical (unpaired) electrons. The Bertz CT molecular complexity index is 751. The minimum absolute atomic E-state index is 0.0954. The number of hydrogen-bond donors (Lipinski definition) is 1. The molecule has 0 amide bonds. The van der Waals surface area contributed by atoms with Crippen molar-refractivity contribution in [3.05, 3.63) is 51.0 Å². The molecule has 1 N–H and O–H groups in total. The van der Waals surface area contributed by atoms with Crippen molar-refractivity contribution in [2.45, 2.75) is 6.54 Å². The summed E-state index contributed by atoms with van der Waals surface area (Å²) < 4.78 is 16.0. The number of hydrogen-bond acceptors (Lipinski definition) is 6. The van der Waals surface area contributed by atoms with Gasteiger partial charge in [0.25, 0.3) is 5.69 Å². The summed E-state index contributed by atoms with van der Waals surface area (Å²) in [6.45, 7) is 0.298. The van der Waals surface area contributed by atoms with Crippen LogP contribution >= 0.6 is 11.6 Å². The van der Waals surface area contributed by atoms with Gasteiger partial charge in [-0.2, -0.15) is 0 Å². The van der Waals surface area contributed by atoms with Gasteiger partial charge in [-0.25, -0.2) is 0 Å². The second-order valence-electron chi connectivity index (χ2n) is 4.77. The lowest BCUT2D eigenvalue weighted by Crippen LogP contribution is -2.05. The van der Waals surface area contributed by atoms with E-state index < -0.39 is 4.92 Å². The lowest BCUT2D eigenvalue weighted by molar-refractivity contribution is -0.383. The maximum Gasteiger partial charge on any atom is 0.293 e. The van der Waals surface area contributed by atoms with E-state index in [9.17, 15) is 10.1 Å². The van der Waals surface area contributed by atoms with Gasteiger partial charge in [-0.05, 0) is 24.3 Å². The summed E-state index contributed by atoms with van der Waals surface area (Å²) in [4.78, 5) is 10.7. The molecule has 128 valence electrons. The fourth-order valence-electron chi connectivity index (χ4n) is 2.30. The van der Waals surface area contributed by atoms with Gasteiger partial charge in [0, 0.05) is 23.2 Å². The van der Waals surface area contributed by atoms with Crippen LogP contribution in [0, 0.1) is 10.1 Å². The van der Waals surface area contributed by atoms with E-state index in [2.05, 4.69) is 5.32 Å². The molecule has 0 saturated carbocycles. The van der Waals surface area contributed by atoms with Gasteiger partial charge in [-0.15, -0.1) is 0 Å². The summed E-state index contributed by atoms with van der Waals surface area (Å²) in [5, 5.41) is 14.5. The smallest absolute Gasteiger partial charge is 0.293 e. The first-order chi connectivity index (χ1) is 11.5. The van der Waals surface area contributed by atoms with Gasteiger partial charge in [0.15, 0.2) is 11.5 Å². The maximum atomic E-state index is 11.1. The minimum Gasteiger partial charge on any atom is -0.493 e. The highest BCUT2D eigenvalue weighted by atomic mass is 35.5. The van der Waals surface area contributed by atoms with Crippen LogP contribution in [0.25, 0.3) is 0 Å². The second kappa shape index (κ2) is 7.74. The summed E-state index contributed by atoms with van der Waals surface area (Å²) in [6, 6.07) is 8.00. The molecule has 0 aliphatic heterocycles.